The topological polar surface area (TPSA) is 110 Å². The average molecular weight is 376 g/mol. The Bertz CT molecular complexity index is 753. The summed E-state index contributed by atoms with van der Waals surface area (Å²) in [5, 5.41) is 21.7. The van der Waals surface area contributed by atoms with E-state index in [4.69, 9.17) is 9.15 Å². The number of hydrogen-bond donors (Lipinski definition) is 3. The number of rotatable bonds is 7. The Morgan fingerprint density at radius 3 is 3.11 bits per heavy atom. The SMILES string of the molecule is CCNC(=NCC(C)(O)c1ccco1)NC1CCc2nc(COC)nn2C1. The maximum Gasteiger partial charge on any atom is 0.191 e. The van der Waals surface area contributed by atoms with Gasteiger partial charge in [0.1, 0.15) is 23.8 Å². The summed E-state index contributed by atoms with van der Waals surface area (Å²) >= 11 is 0. The molecule has 2 unspecified atom stereocenters. The van der Waals surface area contributed by atoms with Crippen molar-refractivity contribution in [2.45, 2.75) is 51.5 Å². The van der Waals surface area contributed by atoms with Crippen LogP contribution >= 0.6 is 0 Å². The first-order chi connectivity index (χ1) is 13.0. The molecular weight excluding hydrogens is 348 g/mol. The largest absolute Gasteiger partial charge is 0.466 e. The molecule has 2 aromatic heterocycles. The highest BCUT2D eigenvalue weighted by atomic mass is 16.5. The highest BCUT2D eigenvalue weighted by molar-refractivity contribution is 5.80. The minimum atomic E-state index is -1.16. The van der Waals surface area contributed by atoms with E-state index in [1.54, 1.807) is 32.4 Å². The van der Waals surface area contributed by atoms with Crippen LogP contribution in [0, 0.1) is 0 Å². The molecule has 9 heteroatoms. The second kappa shape index (κ2) is 8.53. The Labute approximate surface area is 158 Å². The lowest BCUT2D eigenvalue weighted by Gasteiger charge is -2.26. The summed E-state index contributed by atoms with van der Waals surface area (Å²) in [6.07, 6.45) is 3.33. The third-order valence-electron chi connectivity index (χ3n) is 4.46. The number of nitrogens with one attached hydrogen (secondary N) is 2. The fourth-order valence-electron chi connectivity index (χ4n) is 3.08. The summed E-state index contributed by atoms with van der Waals surface area (Å²) in [5.74, 6) is 2.86. The first-order valence-electron chi connectivity index (χ1n) is 9.24. The van der Waals surface area contributed by atoms with E-state index in [9.17, 15) is 5.11 Å². The Balaban J connectivity index is 1.64. The minimum absolute atomic E-state index is 0.181. The van der Waals surface area contributed by atoms with Gasteiger partial charge in [-0.2, -0.15) is 5.10 Å². The quantitative estimate of drug-likeness (QED) is 0.484. The molecule has 1 aliphatic rings. The number of aliphatic hydroxyl groups is 1. The van der Waals surface area contributed by atoms with Crippen molar-refractivity contribution in [1.82, 2.24) is 25.4 Å². The Hall–Kier alpha value is -2.39. The van der Waals surface area contributed by atoms with Crippen LogP contribution in [0.5, 0.6) is 0 Å². The predicted octanol–water partition coefficient (Wildman–Crippen LogP) is 0.795. The molecule has 2 aromatic rings. The van der Waals surface area contributed by atoms with E-state index in [1.165, 1.54) is 0 Å². The van der Waals surface area contributed by atoms with Crippen LogP contribution in [0.1, 0.15) is 37.7 Å². The van der Waals surface area contributed by atoms with E-state index in [0.29, 0.717) is 30.7 Å². The second-order valence-electron chi connectivity index (χ2n) is 6.89. The van der Waals surface area contributed by atoms with Crippen LogP contribution in [0.2, 0.25) is 0 Å². The molecule has 0 saturated carbocycles. The number of fused-ring (bicyclic) bond motifs is 1. The van der Waals surface area contributed by atoms with Crippen LogP contribution < -0.4 is 10.6 Å². The van der Waals surface area contributed by atoms with Crippen molar-refractivity contribution in [3.05, 3.63) is 35.8 Å². The third-order valence-corrected chi connectivity index (χ3v) is 4.46. The van der Waals surface area contributed by atoms with Gasteiger partial charge in [-0.15, -0.1) is 0 Å². The molecule has 0 saturated heterocycles. The van der Waals surface area contributed by atoms with Crippen molar-refractivity contribution < 1.29 is 14.3 Å². The van der Waals surface area contributed by atoms with Crippen molar-refractivity contribution in [1.29, 1.82) is 0 Å². The molecule has 3 N–H and O–H groups in total. The smallest absolute Gasteiger partial charge is 0.191 e. The van der Waals surface area contributed by atoms with Crippen LogP contribution in [0.4, 0.5) is 0 Å². The number of ether oxygens (including phenoxy) is 1. The maximum absolute atomic E-state index is 10.6. The van der Waals surface area contributed by atoms with Gasteiger partial charge in [-0.25, -0.2) is 14.7 Å². The van der Waals surface area contributed by atoms with Gasteiger partial charge in [0, 0.05) is 26.1 Å². The zero-order chi connectivity index (χ0) is 19.3. The number of hydrogen-bond acceptors (Lipinski definition) is 6. The molecule has 0 spiro atoms. The minimum Gasteiger partial charge on any atom is -0.466 e. The lowest BCUT2D eigenvalue weighted by molar-refractivity contribution is 0.0436. The molecule has 2 atom stereocenters. The number of methoxy groups -OCH3 is 1. The lowest BCUT2D eigenvalue weighted by Crippen LogP contribution is -2.47. The number of guanidine groups is 1. The number of aliphatic imine (C=N–C) groups is 1. The van der Waals surface area contributed by atoms with Gasteiger partial charge < -0.3 is 24.9 Å². The summed E-state index contributed by atoms with van der Waals surface area (Å²) < 4.78 is 12.4. The van der Waals surface area contributed by atoms with Gasteiger partial charge in [0.2, 0.25) is 0 Å². The summed E-state index contributed by atoms with van der Waals surface area (Å²) in [6.45, 7) is 5.76. The van der Waals surface area contributed by atoms with E-state index in [1.807, 2.05) is 11.6 Å². The van der Waals surface area contributed by atoms with Gasteiger partial charge in [-0.05, 0) is 32.4 Å². The van der Waals surface area contributed by atoms with Gasteiger partial charge >= 0.3 is 0 Å². The van der Waals surface area contributed by atoms with Crippen molar-refractivity contribution in [2.24, 2.45) is 4.99 Å². The normalized spacial score (nSPS) is 19.4. The van der Waals surface area contributed by atoms with E-state index in [-0.39, 0.29) is 12.6 Å². The molecule has 0 radical (unpaired) electrons. The number of furan rings is 1. The van der Waals surface area contributed by atoms with Crippen LogP contribution in [0.25, 0.3) is 0 Å². The number of aryl methyl sites for hydroxylation is 1. The highest BCUT2D eigenvalue weighted by Crippen LogP contribution is 2.21. The molecule has 3 rings (SSSR count). The fourth-order valence-corrected chi connectivity index (χ4v) is 3.08. The predicted molar refractivity (Wildman–Crippen MR) is 100 cm³/mol. The third kappa shape index (κ3) is 4.86. The summed E-state index contributed by atoms with van der Waals surface area (Å²) in [6, 6.07) is 3.69. The van der Waals surface area contributed by atoms with Gasteiger partial charge in [0.05, 0.1) is 19.4 Å². The molecule has 27 heavy (non-hydrogen) atoms. The van der Waals surface area contributed by atoms with E-state index in [2.05, 4.69) is 25.7 Å². The fraction of sp³-hybridized carbons (Fsp3) is 0.611. The molecule has 0 fully saturated rings. The number of aromatic nitrogens is 3. The Morgan fingerprint density at radius 2 is 2.41 bits per heavy atom. The van der Waals surface area contributed by atoms with Crippen molar-refractivity contribution in [2.75, 3.05) is 20.2 Å². The summed E-state index contributed by atoms with van der Waals surface area (Å²) in [5.41, 5.74) is -1.16. The monoisotopic (exact) mass is 376 g/mol. The molecule has 148 valence electrons. The molecule has 3 heterocycles. The van der Waals surface area contributed by atoms with Crippen LogP contribution in [-0.2, 0) is 29.9 Å². The zero-order valence-electron chi connectivity index (χ0n) is 16.1. The molecule has 0 aliphatic carbocycles. The van der Waals surface area contributed by atoms with Crippen LogP contribution in [0.15, 0.2) is 27.8 Å². The summed E-state index contributed by atoms with van der Waals surface area (Å²) in [4.78, 5) is 9.04. The summed E-state index contributed by atoms with van der Waals surface area (Å²) in [7, 11) is 1.64. The van der Waals surface area contributed by atoms with Crippen molar-refractivity contribution in [3.63, 3.8) is 0 Å². The van der Waals surface area contributed by atoms with E-state index >= 15 is 0 Å². The standard InChI is InChI=1S/C18H28N6O3/c1-4-19-17(20-12-18(2,25)14-6-5-9-27-14)21-13-7-8-16-22-15(11-26-3)23-24(16)10-13/h5-6,9,13,25H,4,7-8,10-12H2,1-3H3,(H2,19,20,21). The van der Waals surface area contributed by atoms with Gasteiger partial charge in [-0.3, -0.25) is 0 Å². The molecule has 0 aromatic carbocycles. The molecule has 0 amide bonds. The van der Waals surface area contributed by atoms with Gasteiger partial charge in [-0.1, -0.05) is 0 Å². The van der Waals surface area contributed by atoms with E-state index < -0.39 is 5.60 Å². The number of nitrogens with zero attached hydrogens (tertiary/aromatic N) is 4. The second-order valence-corrected chi connectivity index (χ2v) is 6.89. The first-order valence-corrected chi connectivity index (χ1v) is 9.24. The average Bonchev–Trinajstić information content (AvgIpc) is 3.30. The van der Waals surface area contributed by atoms with E-state index in [0.717, 1.165) is 25.2 Å². The van der Waals surface area contributed by atoms with Gasteiger partial charge in [0.25, 0.3) is 0 Å². The molecule has 9 nitrogen and oxygen atoms in total. The van der Waals surface area contributed by atoms with Crippen molar-refractivity contribution >= 4 is 5.96 Å². The Kier molecular flexibility index (Phi) is 6.12. The molecular formula is C18H28N6O3. The van der Waals surface area contributed by atoms with Crippen molar-refractivity contribution in [3.8, 4) is 0 Å². The Morgan fingerprint density at radius 1 is 1.56 bits per heavy atom. The maximum atomic E-state index is 10.6. The lowest BCUT2D eigenvalue weighted by atomic mass is 10.0. The van der Waals surface area contributed by atoms with Crippen LogP contribution in [-0.4, -0.2) is 52.1 Å². The highest BCUT2D eigenvalue weighted by Gasteiger charge is 2.27. The zero-order valence-corrected chi connectivity index (χ0v) is 16.1. The first kappa shape index (κ1) is 19.4. The van der Waals surface area contributed by atoms with Crippen LogP contribution in [0.3, 0.4) is 0 Å². The van der Waals surface area contributed by atoms with Gasteiger partial charge in [0.15, 0.2) is 11.8 Å². The molecule has 1 aliphatic heterocycles. The molecule has 0 bridgehead atoms.